The van der Waals surface area contributed by atoms with Gasteiger partial charge >= 0.3 is 0 Å². The molecule has 1 heterocycles. The summed E-state index contributed by atoms with van der Waals surface area (Å²) < 4.78 is 0. The molecule has 0 radical (unpaired) electrons. The monoisotopic (exact) mass is 337 g/mol. The summed E-state index contributed by atoms with van der Waals surface area (Å²) in [6, 6.07) is 17.3. The molecule has 3 aromatic rings. The molecule has 0 atom stereocenters. The Bertz CT molecular complexity index is 878. The number of fused-ring (bicyclic) bond motifs is 2. The molecule has 0 saturated carbocycles. The lowest BCUT2D eigenvalue weighted by Gasteiger charge is -2.33. The van der Waals surface area contributed by atoms with Gasteiger partial charge < -0.3 is 10.2 Å². The van der Waals surface area contributed by atoms with Crippen LogP contribution in [0.3, 0.4) is 0 Å². The quantitative estimate of drug-likeness (QED) is 0.525. The van der Waals surface area contributed by atoms with E-state index in [1.807, 2.05) is 18.2 Å². The van der Waals surface area contributed by atoms with E-state index in [1.54, 1.807) is 0 Å². The highest BCUT2D eigenvalue weighted by atomic mass is 32.1. The second kappa shape index (κ2) is 6.73. The Labute approximate surface area is 148 Å². The highest BCUT2D eigenvalue weighted by Crippen LogP contribution is 2.23. The van der Waals surface area contributed by atoms with Crippen molar-refractivity contribution in [3.63, 3.8) is 0 Å². The van der Waals surface area contributed by atoms with Crippen LogP contribution in [-0.2, 0) is 0 Å². The number of hydrogen-bond acceptors (Lipinski definition) is 2. The molecular formula is C20H23N3S. The summed E-state index contributed by atoms with van der Waals surface area (Å²) in [5, 5.41) is 6.41. The van der Waals surface area contributed by atoms with Crippen LogP contribution in [0.1, 0.15) is 27.7 Å². The number of para-hydroxylation sites is 1. The average Bonchev–Trinajstić information content (AvgIpc) is 2.52. The van der Waals surface area contributed by atoms with Crippen molar-refractivity contribution in [2.75, 3.05) is 5.32 Å². The van der Waals surface area contributed by atoms with Crippen molar-refractivity contribution in [1.29, 1.82) is 0 Å². The van der Waals surface area contributed by atoms with Gasteiger partial charge in [-0.2, -0.15) is 0 Å². The molecule has 0 spiro atoms. The van der Waals surface area contributed by atoms with Crippen LogP contribution in [0.5, 0.6) is 0 Å². The van der Waals surface area contributed by atoms with Crippen molar-refractivity contribution in [3.05, 3.63) is 48.5 Å². The summed E-state index contributed by atoms with van der Waals surface area (Å²) in [6.07, 6.45) is 0. The van der Waals surface area contributed by atoms with Crippen molar-refractivity contribution in [2.45, 2.75) is 39.8 Å². The molecule has 0 unspecified atom stereocenters. The first-order valence-corrected chi connectivity index (χ1v) is 8.75. The van der Waals surface area contributed by atoms with Gasteiger partial charge in [-0.1, -0.05) is 24.3 Å². The van der Waals surface area contributed by atoms with E-state index in [2.05, 4.69) is 68.2 Å². The fourth-order valence-electron chi connectivity index (χ4n) is 3.10. The predicted octanol–water partition coefficient (Wildman–Crippen LogP) is 5.20. The number of rotatable bonds is 3. The Morgan fingerprint density at radius 1 is 0.917 bits per heavy atom. The maximum Gasteiger partial charge on any atom is 0.173 e. The molecular weight excluding hydrogens is 314 g/mol. The number of thiocarbonyl (C=S) groups is 1. The summed E-state index contributed by atoms with van der Waals surface area (Å²) in [6.45, 7) is 8.62. The van der Waals surface area contributed by atoms with E-state index in [0.717, 1.165) is 32.6 Å². The second-order valence-corrected chi connectivity index (χ2v) is 7.00. The second-order valence-electron chi connectivity index (χ2n) is 6.61. The highest BCUT2D eigenvalue weighted by Gasteiger charge is 2.16. The molecule has 2 aromatic carbocycles. The van der Waals surface area contributed by atoms with Crippen molar-refractivity contribution in [2.24, 2.45) is 0 Å². The first-order chi connectivity index (χ1) is 11.5. The van der Waals surface area contributed by atoms with Crippen molar-refractivity contribution in [3.8, 4) is 0 Å². The van der Waals surface area contributed by atoms with Crippen LogP contribution in [0.15, 0.2) is 48.5 Å². The molecule has 1 N–H and O–H groups in total. The molecule has 4 heteroatoms. The minimum Gasteiger partial charge on any atom is -0.344 e. The van der Waals surface area contributed by atoms with Crippen molar-refractivity contribution >= 4 is 44.8 Å². The van der Waals surface area contributed by atoms with Gasteiger partial charge in [0.05, 0.1) is 11.0 Å². The molecule has 0 amide bonds. The Morgan fingerprint density at radius 2 is 1.58 bits per heavy atom. The summed E-state index contributed by atoms with van der Waals surface area (Å²) in [7, 11) is 0. The predicted molar refractivity (Wildman–Crippen MR) is 108 cm³/mol. The maximum atomic E-state index is 5.60. The molecule has 0 fully saturated rings. The third-order valence-electron chi connectivity index (χ3n) is 4.12. The fraction of sp³-hybridized carbons (Fsp3) is 0.300. The van der Waals surface area contributed by atoms with E-state index in [9.17, 15) is 0 Å². The van der Waals surface area contributed by atoms with Gasteiger partial charge in [-0.3, -0.25) is 0 Å². The van der Waals surface area contributed by atoms with E-state index in [4.69, 9.17) is 17.2 Å². The summed E-state index contributed by atoms with van der Waals surface area (Å²) >= 11 is 5.60. The number of nitrogens with one attached hydrogen (secondary N) is 1. The number of nitrogens with zero attached hydrogens (tertiary/aromatic N) is 2. The zero-order chi connectivity index (χ0) is 17.3. The molecule has 3 rings (SSSR count). The van der Waals surface area contributed by atoms with E-state index in [-0.39, 0.29) is 0 Å². The normalized spacial score (nSPS) is 11.4. The Balaban J connectivity index is 1.93. The van der Waals surface area contributed by atoms with Gasteiger partial charge in [0.1, 0.15) is 0 Å². The maximum absolute atomic E-state index is 5.60. The highest BCUT2D eigenvalue weighted by molar-refractivity contribution is 7.80. The van der Waals surface area contributed by atoms with Gasteiger partial charge in [0.2, 0.25) is 0 Å². The Hall–Kier alpha value is -2.20. The van der Waals surface area contributed by atoms with Crippen LogP contribution >= 0.6 is 12.2 Å². The fourth-order valence-corrected chi connectivity index (χ4v) is 3.64. The molecule has 124 valence electrons. The van der Waals surface area contributed by atoms with Gasteiger partial charge in [-0.05, 0) is 64.2 Å². The van der Waals surface area contributed by atoms with E-state index in [1.165, 1.54) is 0 Å². The van der Waals surface area contributed by atoms with Crippen LogP contribution in [-0.4, -0.2) is 27.1 Å². The van der Waals surface area contributed by atoms with Crippen LogP contribution in [0.4, 0.5) is 5.69 Å². The lowest BCUT2D eigenvalue weighted by Crippen LogP contribution is -2.44. The van der Waals surface area contributed by atoms with E-state index < -0.39 is 0 Å². The van der Waals surface area contributed by atoms with E-state index in [0.29, 0.717) is 12.1 Å². The van der Waals surface area contributed by atoms with Crippen LogP contribution in [0, 0.1) is 0 Å². The number of benzene rings is 2. The van der Waals surface area contributed by atoms with Crippen LogP contribution < -0.4 is 5.32 Å². The molecule has 1 aromatic heterocycles. The zero-order valence-electron chi connectivity index (χ0n) is 14.6. The van der Waals surface area contributed by atoms with Gasteiger partial charge in [0.15, 0.2) is 5.11 Å². The number of aromatic nitrogens is 1. The van der Waals surface area contributed by atoms with Crippen molar-refractivity contribution < 1.29 is 0 Å². The summed E-state index contributed by atoms with van der Waals surface area (Å²) in [5.41, 5.74) is 2.96. The largest absolute Gasteiger partial charge is 0.344 e. The molecule has 0 aliphatic carbocycles. The topological polar surface area (TPSA) is 28.2 Å². The Kier molecular flexibility index (Phi) is 4.67. The molecule has 3 nitrogen and oxygen atoms in total. The molecule has 24 heavy (non-hydrogen) atoms. The number of anilines is 1. The minimum absolute atomic E-state index is 0.354. The van der Waals surface area contributed by atoms with Crippen LogP contribution in [0.25, 0.3) is 21.8 Å². The molecule has 0 bridgehead atoms. The molecule has 0 saturated heterocycles. The lowest BCUT2D eigenvalue weighted by molar-refractivity contribution is 0.296. The van der Waals surface area contributed by atoms with Crippen LogP contribution in [0.2, 0.25) is 0 Å². The first-order valence-electron chi connectivity index (χ1n) is 8.34. The SMILES string of the molecule is CC(C)N(C(=S)Nc1ccc2cc3ccccc3nc2c1)C(C)C. The number of pyridine rings is 1. The average molecular weight is 337 g/mol. The molecule has 0 aliphatic heterocycles. The van der Waals surface area contributed by atoms with Gasteiger partial charge in [0, 0.05) is 28.5 Å². The minimum atomic E-state index is 0.354. The first kappa shape index (κ1) is 16.7. The van der Waals surface area contributed by atoms with E-state index >= 15 is 0 Å². The third-order valence-corrected chi connectivity index (χ3v) is 4.43. The smallest absolute Gasteiger partial charge is 0.173 e. The summed E-state index contributed by atoms with van der Waals surface area (Å²) in [5.74, 6) is 0. The third kappa shape index (κ3) is 3.34. The lowest BCUT2D eigenvalue weighted by atomic mass is 10.1. The number of hydrogen-bond donors (Lipinski definition) is 1. The zero-order valence-corrected chi connectivity index (χ0v) is 15.4. The molecule has 0 aliphatic rings. The van der Waals surface area contributed by atoms with Gasteiger partial charge in [-0.15, -0.1) is 0 Å². The van der Waals surface area contributed by atoms with Gasteiger partial charge in [0.25, 0.3) is 0 Å². The Morgan fingerprint density at radius 3 is 2.29 bits per heavy atom. The summed E-state index contributed by atoms with van der Waals surface area (Å²) in [4.78, 5) is 6.97. The standard InChI is InChI=1S/C20H23N3S/c1-13(2)23(14(3)4)20(24)21-17-10-9-16-11-15-7-5-6-8-18(15)22-19(16)12-17/h5-14H,1-4H3,(H,21,24). The van der Waals surface area contributed by atoms with Gasteiger partial charge in [-0.25, -0.2) is 4.98 Å². The van der Waals surface area contributed by atoms with Crippen molar-refractivity contribution in [1.82, 2.24) is 9.88 Å².